The van der Waals surface area contributed by atoms with E-state index in [1.165, 1.54) is 0 Å². The van der Waals surface area contributed by atoms with Crippen LogP contribution in [0.15, 0.2) is 0 Å². The molecular formula is C6H12FNO2. The third-order valence-corrected chi connectivity index (χ3v) is 1.90. The van der Waals surface area contributed by atoms with Crippen molar-refractivity contribution in [3.05, 3.63) is 0 Å². The van der Waals surface area contributed by atoms with E-state index in [9.17, 15) is 4.39 Å². The van der Waals surface area contributed by atoms with Gasteiger partial charge in [0.2, 0.25) is 0 Å². The van der Waals surface area contributed by atoms with Crippen LogP contribution < -0.4 is 5.32 Å². The van der Waals surface area contributed by atoms with Crippen LogP contribution in [0.25, 0.3) is 0 Å². The quantitative estimate of drug-likeness (QED) is 0.450. The Morgan fingerprint density at radius 1 is 1.60 bits per heavy atom. The molecule has 3 N–H and O–H groups in total. The van der Waals surface area contributed by atoms with Crippen molar-refractivity contribution < 1.29 is 14.6 Å². The number of halogens is 1. The lowest BCUT2D eigenvalue weighted by atomic mass is 10.1. The average Bonchev–Trinajstić information content (AvgIpc) is 2.17. The summed E-state index contributed by atoms with van der Waals surface area (Å²) in [5, 5.41) is 20.3. The summed E-state index contributed by atoms with van der Waals surface area (Å²) in [6, 6.07) is -0.850. The van der Waals surface area contributed by atoms with E-state index in [1.807, 2.05) is 0 Å². The van der Waals surface area contributed by atoms with Crippen LogP contribution in [0, 0.1) is 0 Å². The highest BCUT2D eigenvalue weighted by Crippen LogP contribution is 2.16. The van der Waals surface area contributed by atoms with Gasteiger partial charge in [-0.2, -0.15) is 0 Å². The summed E-state index contributed by atoms with van der Waals surface area (Å²) in [5.41, 5.74) is 0. The molecule has 1 aliphatic rings. The number of aliphatic hydroxyl groups excluding tert-OH is 2. The van der Waals surface area contributed by atoms with E-state index >= 15 is 0 Å². The Morgan fingerprint density at radius 3 is 2.40 bits per heavy atom. The topological polar surface area (TPSA) is 52.5 Å². The van der Waals surface area contributed by atoms with Crippen LogP contribution in [0.4, 0.5) is 4.39 Å². The third kappa shape index (κ3) is 1.14. The van der Waals surface area contributed by atoms with Gasteiger partial charge in [-0.05, 0) is 6.92 Å². The second-order valence-electron chi connectivity index (χ2n) is 2.68. The monoisotopic (exact) mass is 149 g/mol. The Kier molecular flexibility index (Phi) is 2.23. The number of nitrogens with one attached hydrogen (secondary N) is 1. The fourth-order valence-electron chi connectivity index (χ4n) is 1.20. The summed E-state index contributed by atoms with van der Waals surface area (Å²) in [7, 11) is 0. The van der Waals surface area contributed by atoms with Gasteiger partial charge in [-0.3, -0.25) is 0 Å². The maximum atomic E-state index is 12.8. The molecule has 0 radical (unpaired) electrons. The predicted octanol–water partition coefficient (Wildman–Crippen LogP) is -0.962. The van der Waals surface area contributed by atoms with Crippen molar-refractivity contribution in [2.24, 2.45) is 0 Å². The first kappa shape index (κ1) is 7.91. The van der Waals surface area contributed by atoms with Gasteiger partial charge in [0.15, 0.2) is 0 Å². The number of rotatable bonds is 1. The molecular weight excluding hydrogens is 137 g/mol. The van der Waals surface area contributed by atoms with Gasteiger partial charge < -0.3 is 15.5 Å². The maximum absolute atomic E-state index is 12.8. The van der Waals surface area contributed by atoms with Crippen molar-refractivity contribution in [3.63, 3.8) is 0 Å². The minimum absolute atomic E-state index is 0.257. The molecule has 1 aliphatic heterocycles. The number of hydrogen-bond acceptors (Lipinski definition) is 3. The molecule has 0 bridgehead atoms. The highest BCUT2D eigenvalue weighted by molar-refractivity contribution is 4.95. The molecule has 1 rings (SSSR count). The van der Waals surface area contributed by atoms with E-state index in [4.69, 9.17) is 10.2 Å². The van der Waals surface area contributed by atoms with Gasteiger partial charge in [0, 0.05) is 6.04 Å². The molecule has 0 spiro atoms. The minimum Gasteiger partial charge on any atom is -0.395 e. The molecule has 3 nitrogen and oxygen atoms in total. The zero-order chi connectivity index (χ0) is 7.72. The molecule has 0 aromatic rings. The first-order chi connectivity index (χ1) is 4.66. The molecule has 1 saturated heterocycles. The Morgan fingerprint density at radius 2 is 2.20 bits per heavy atom. The first-order valence-corrected chi connectivity index (χ1v) is 3.36. The Hall–Kier alpha value is -0.190. The third-order valence-electron chi connectivity index (χ3n) is 1.90. The second-order valence-corrected chi connectivity index (χ2v) is 2.68. The fourth-order valence-corrected chi connectivity index (χ4v) is 1.20. The van der Waals surface area contributed by atoms with Crippen LogP contribution in [0.3, 0.4) is 0 Å². The van der Waals surface area contributed by atoms with Gasteiger partial charge >= 0.3 is 0 Å². The first-order valence-electron chi connectivity index (χ1n) is 3.36. The summed E-state index contributed by atoms with van der Waals surface area (Å²) in [6.07, 6.45) is -2.31. The molecule has 0 unspecified atom stereocenters. The van der Waals surface area contributed by atoms with Crippen molar-refractivity contribution in [2.75, 3.05) is 6.61 Å². The van der Waals surface area contributed by atoms with Gasteiger partial charge in [-0.25, -0.2) is 4.39 Å². The van der Waals surface area contributed by atoms with E-state index in [-0.39, 0.29) is 12.6 Å². The Bertz CT molecular complexity index is 122. The van der Waals surface area contributed by atoms with Crippen LogP contribution in [0.2, 0.25) is 0 Å². The van der Waals surface area contributed by atoms with Gasteiger partial charge in [0.05, 0.1) is 12.6 Å². The van der Waals surface area contributed by atoms with Crippen molar-refractivity contribution in [3.8, 4) is 0 Å². The highest BCUT2D eigenvalue weighted by atomic mass is 19.1. The zero-order valence-corrected chi connectivity index (χ0v) is 5.79. The molecule has 0 amide bonds. The standard InChI is InChI=1S/C6H12FNO2/c1-3-6(10)5(7)4(2-9)8-3/h3-6,8-10H,2H2,1H3/t3-,4-,5-,6-/m0/s1. The molecule has 10 heavy (non-hydrogen) atoms. The van der Waals surface area contributed by atoms with Crippen LogP contribution in [0.5, 0.6) is 0 Å². The Balaban J connectivity index is 2.53. The Labute approximate surface area is 58.9 Å². The number of aliphatic hydroxyl groups is 2. The van der Waals surface area contributed by atoms with Gasteiger partial charge in [0.1, 0.15) is 12.3 Å². The normalized spacial score (nSPS) is 48.0. The van der Waals surface area contributed by atoms with Crippen molar-refractivity contribution in [1.82, 2.24) is 5.32 Å². The second kappa shape index (κ2) is 2.82. The molecule has 0 aliphatic carbocycles. The fraction of sp³-hybridized carbons (Fsp3) is 1.00. The molecule has 1 heterocycles. The van der Waals surface area contributed by atoms with Gasteiger partial charge in [0.25, 0.3) is 0 Å². The van der Waals surface area contributed by atoms with Crippen LogP contribution >= 0.6 is 0 Å². The molecule has 4 atom stereocenters. The van der Waals surface area contributed by atoms with E-state index in [0.29, 0.717) is 0 Å². The summed E-state index contributed by atoms with van der Waals surface area (Å²) in [4.78, 5) is 0. The molecule has 0 aromatic carbocycles. The molecule has 0 saturated carbocycles. The largest absolute Gasteiger partial charge is 0.395 e. The lowest BCUT2D eigenvalue weighted by Gasteiger charge is -2.09. The van der Waals surface area contributed by atoms with Crippen molar-refractivity contribution >= 4 is 0 Å². The number of alkyl halides is 1. The van der Waals surface area contributed by atoms with Gasteiger partial charge in [-0.1, -0.05) is 0 Å². The molecule has 60 valence electrons. The summed E-state index contributed by atoms with van der Waals surface area (Å²) < 4.78 is 12.8. The van der Waals surface area contributed by atoms with E-state index in [1.54, 1.807) is 6.92 Å². The van der Waals surface area contributed by atoms with E-state index < -0.39 is 18.3 Å². The zero-order valence-electron chi connectivity index (χ0n) is 5.79. The number of hydrogen-bond donors (Lipinski definition) is 3. The summed E-state index contributed by atoms with van der Waals surface area (Å²) in [5.74, 6) is 0. The summed E-state index contributed by atoms with van der Waals surface area (Å²) >= 11 is 0. The van der Waals surface area contributed by atoms with E-state index in [2.05, 4.69) is 5.32 Å². The molecule has 1 fully saturated rings. The van der Waals surface area contributed by atoms with Crippen LogP contribution in [0.1, 0.15) is 6.92 Å². The van der Waals surface area contributed by atoms with Gasteiger partial charge in [-0.15, -0.1) is 0 Å². The van der Waals surface area contributed by atoms with Crippen LogP contribution in [-0.2, 0) is 0 Å². The molecule has 0 aromatic heterocycles. The average molecular weight is 149 g/mol. The van der Waals surface area contributed by atoms with Crippen LogP contribution in [-0.4, -0.2) is 41.2 Å². The lowest BCUT2D eigenvalue weighted by Crippen LogP contribution is -2.33. The highest BCUT2D eigenvalue weighted by Gasteiger charge is 2.39. The van der Waals surface area contributed by atoms with Crippen molar-refractivity contribution in [2.45, 2.75) is 31.3 Å². The van der Waals surface area contributed by atoms with E-state index in [0.717, 1.165) is 0 Å². The smallest absolute Gasteiger partial charge is 0.145 e. The SMILES string of the molecule is C[C@@H]1N[C@@H](CO)[C@H](F)[C@H]1O. The predicted molar refractivity (Wildman–Crippen MR) is 34.4 cm³/mol. The minimum atomic E-state index is -1.33. The summed E-state index contributed by atoms with van der Waals surface area (Å²) in [6.45, 7) is 1.43. The lowest BCUT2D eigenvalue weighted by molar-refractivity contribution is 0.0789. The maximum Gasteiger partial charge on any atom is 0.145 e. The van der Waals surface area contributed by atoms with Crippen molar-refractivity contribution in [1.29, 1.82) is 0 Å². The molecule has 4 heteroatoms.